The molecular formula is C25H32N7O8P. The van der Waals surface area contributed by atoms with Crippen molar-refractivity contribution in [2.24, 2.45) is 5.41 Å². The molecular weight excluding hydrogens is 557 g/mol. The third-order valence-electron chi connectivity index (χ3n) is 6.31. The Kier molecular flexibility index (Phi) is 8.81. The van der Waals surface area contributed by atoms with Crippen LogP contribution in [0.5, 0.6) is 11.6 Å². The van der Waals surface area contributed by atoms with Crippen molar-refractivity contribution in [1.29, 1.82) is 5.26 Å². The maximum Gasteiger partial charge on any atom is 0.459 e. The first kappa shape index (κ1) is 30.2. The normalized spacial score (nSPS) is 24.5. The molecule has 16 heteroatoms. The van der Waals surface area contributed by atoms with E-state index in [1.807, 2.05) is 0 Å². The van der Waals surface area contributed by atoms with Crippen LogP contribution in [0.4, 0.5) is 5.95 Å². The predicted octanol–water partition coefficient (Wildman–Crippen LogP) is 2.34. The molecule has 1 fully saturated rings. The number of nitrogen functional groups attached to an aromatic ring is 1. The molecule has 3 aromatic rings. The Bertz CT molecular complexity index is 1480. The minimum atomic E-state index is -4.26. The summed E-state index contributed by atoms with van der Waals surface area (Å²) in [5, 5.41) is 23.9. The van der Waals surface area contributed by atoms with Crippen molar-refractivity contribution in [2.75, 3.05) is 19.5 Å². The first-order valence-electron chi connectivity index (χ1n) is 12.7. The number of para-hydroxylation sites is 1. The van der Waals surface area contributed by atoms with Gasteiger partial charge in [0.15, 0.2) is 17.4 Å². The van der Waals surface area contributed by atoms with Gasteiger partial charge in [0.25, 0.3) is 0 Å². The highest BCUT2D eigenvalue weighted by molar-refractivity contribution is 7.52. The zero-order valence-electron chi connectivity index (χ0n) is 23.1. The minimum absolute atomic E-state index is 0.0941. The van der Waals surface area contributed by atoms with E-state index in [-0.39, 0.29) is 28.7 Å². The van der Waals surface area contributed by atoms with E-state index in [2.05, 4.69) is 26.1 Å². The van der Waals surface area contributed by atoms with Crippen molar-refractivity contribution in [3.63, 3.8) is 0 Å². The summed E-state index contributed by atoms with van der Waals surface area (Å²) in [5.41, 5.74) is 4.78. The average Bonchev–Trinajstić information content (AvgIpc) is 3.45. The summed E-state index contributed by atoms with van der Waals surface area (Å²) in [5.74, 6) is -0.433. The number of ether oxygens (including phenoxy) is 3. The molecule has 1 aliphatic heterocycles. The molecule has 1 aliphatic rings. The lowest BCUT2D eigenvalue weighted by Crippen LogP contribution is -2.39. The molecule has 6 unspecified atom stereocenters. The maximum absolute atomic E-state index is 13.8. The number of carbonyl (C=O) groups is 1. The zero-order chi connectivity index (χ0) is 29.9. The molecule has 4 N–H and O–H groups in total. The number of hydrogen-bond donors (Lipinski definition) is 3. The standard InChI is InChI=1S/C25H32N7O8P/c1-14(2)38-22(34)15(3)31-41(35,40-16-9-7-6-8-10-16)37-11-17-19(33)25(4,12-26)23(39-17)32-13-28-18-20(32)29-24(27)30-21(18)36-5/h6-10,13-15,17,19,23,33H,11H2,1-5H3,(H,31,35)(H2,27,29,30). The van der Waals surface area contributed by atoms with Crippen LogP contribution < -0.4 is 20.1 Å². The fourth-order valence-corrected chi connectivity index (χ4v) is 5.75. The van der Waals surface area contributed by atoms with Crippen LogP contribution in [0.25, 0.3) is 11.2 Å². The van der Waals surface area contributed by atoms with Crippen LogP contribution in [0.1, 0.15) is 33.9 Å². The number of nitrogens with zero attached hydrogens (tertiary/aromatic N) is 5. The number of imidazole rings is 1. The molecule has 0 amide bonds. The molecule has 3 heterocycles. The van der Waals surface area contributed by atoms with E-state index in [1.165, 1.54) is 31.9 Å². The fraction of sp³-hybridized carbons (Fsp3) is 0.480. The van der Waals surface area contributed by atoms with E-state index in [0.29, 0.717) is 0 Å². The predicted molar refractivity (Wildman–Crippen MR) is 144 cm³/mol. The molecule has 41 heavy (non-hydrogen) atoms. The smallest absolute Gasteiger partial charge is 0.459 e. The number of esters is 1. The monoisotopic (exact) mass is 589 g/mol. The Morgan fingerprint density at radius 1 is 1.32 bits per heavy atom. The highest BCUT2D eigenvalue weighted by atomic mass is 31.2. The van der Waals surface area contributed by atoms with Crippen LogP contribution in [0.3, 0.4) is 0 Å². The Morgan fingerprint density at radius 2 is 2.02 bits per heavy atom. The summed E-state index contributed by atoms with van der Waals surface area (Å²) in [6.45, 7) is 5.83. The SMILES string of the molecule is COc1nc(N)nc2c1ncn2C1OC(COP(=O)(NC(C)C(=O)OC(C)C)Oc2ccccc2)C(O)C1(C)C#N. The second-order valence-corrected chi connectivity index (χ2v) is 11.5. The minimum Gasteiger partial charge on any atom is -0.479 e. The molecule has 0 bridgehead atoms. The van der Waals surface area contributed by atoms with Gasteiger partial charge < -0.3 is 29.6 Å². The van der Waals surface area contributed by atoms with Crippen LogP contribution in [0.15, 0.2) is 36.7 Å². The van der Waals surface area contributed by atoms with Gasteiger partial charge in [0, 0.05) is 0 Å². The molecule has 0 saturated carbocycles. The second kappa shape index (κ2) is 12.0. The Labute approximate surface area is 236 Å². The van der Waals surface area contributed by atoms with Gasteiger partial charge in [-0.25, -0.2) is 9.55 Å². The van der Waals surface area contributed by atoms with Gasteiger partial charge in [0.1, 0.15) is 29.4 Å². The van der Waals surface area contributed by atoms with E-state index in [4.69, 9.17) is 29.0 Å². The number of nitrogens with two attached hydrogens (primary N) is 1. The lowest BCUT2D eigenvalue weighted by molar-refractivity contribution is -0.149. The Balaban J connectivity index is 1.60. The molecule has 220 valence electrons. The number of nitriles is 1. The van der Waals surface area contributed by atoms with Crippen LogP contribution in [0, 0.1) is 16.7 Å². The molecule has 0 radical (unpaired) electrons. The van der Waals surface area contributed by atoms with Crippen molar-refractivity contribution in [3.8, 4) is 17.7 Å². The van der Waals surface area contributed by atoms with Crippen molar-refractivity contribution in [2.45, 2.75) is 58.3 Å². The number of benzene rings is 1. The summed E-state index contributed by atoms with van der Waals surface area (Å²) >= 11 is 0. The fourth-order valence-electron chi connectivity index (χ4n) is 4.25. The van der Waals surface area contributed by atoms with E-state index in [9.17, 15) is 19.7 Å². The summed E-state index contributed by atoms with van der Waals surface area (Å²) < 4.78 is 43.1. The lowest BCUT2D eigenvalue weighted by atomic mass is 9.84. The van der Waals surface area contributed by atoms with Gasteiger partial charge in [0.2, 0.25) is 11.8 Å². The molecule has 2 aromatic heterocycles. The number of fused-ring (bicyclic) bond motifs is 1. The molecule has 6 atom stereocenters. The summed E-state index contributed by atoms with van der Waals surface area (Å²) in [6.07, 6.45) is -2.71. The van der Waals surface area contributed by atoms with Crippen molar-refractivity contribution in [3.05, 3.63) is 36.7 Å². The van der Waals surface area contributed by atoms with E-state index >= 15 is 0 Å². The number of carbonyl (C=O) groups excluding carboxylic acids is 1. The number of aliphatic hydroxyl groups is 1. The molecule has 1 aromatic carbocycles. The van der Waals surface area contributed by atoms with Crippen molar-refractivity contribution >= 4 is 30.8 Å². The third kappa shape index (κ3) is 6.27. The molecule has 1 saturated heterocycles. The molecule has 4 rings (SSSR count). The van der Waals surface area contributed by atoms with Crippen molar-refractivity contribution < 1.29 is 37.7 Å². The van der Waals surface area contributed by atoms with Gasteiger partial charge in [-0.1, -0.05) is 18.2 Å². The average molecular weight is 590 g/mol. The molecule has 0 aliphatic carbocycles. The van der Waals surface area contributed by atoms with Gasteiger partial charge in [-0.2, -0.15) is 20.3 Å². The summed E-state index contributed by atoms with van der Waals surface area (Å²) in [7, 11) is -2.86. The Morgan fingerprint density at radius 3 is 2.66 bits per heavy atom. The van der Waals surface area contributed by atoms with E-state index in [1.54, 1.807) is 44.2 Å². The van der Waals surface area contributed by atoms with Gasteiger partial charge >= 0.3 is 13.7 Å². The summed E-state index contributed by atoms with van der Waals surface area (Å²) in [6, 6.07) is 9.24. The van der Waals surface area contributed by atoms with Crippen molar-refractivity contribution in [1.82, 2.24) is 24.6 Å². The second-order valence-electron chi connectivity index (χ2n) is 9.82. The highest BCUT2D eigenvalue weighted by Crippen LogP contribution is 2.49. The van der Waals surface area contributed by atoms with Crippen LogP contribution in [-0.2, 0) is 23.4 Å². The van der Waals surface area contributed by atoms with Gasteiger partial charge in [-0.05, 0) is 39.8 Å². The number of methoxy groups -OCH3 is 1. The van der Waals surface area contributed by atoms with Crippen LogP contribution >= 0.6 is 7.75 Å². The van der Waals surface area contributed by atoms with E-state index < -0.39 is 56.3 Å². The third-order valence-corrected chi connectivity index (χ3v) is 7.96. The number of aliphatic hydroxyl groups excluding tert-OH is 1. The highest BCUT2D eigenvalue weighted by Gasteiger charge is 2.55. The molecule has 0 spiro atoms. The van der Waals surface area contributed by atoms with Gasteiger partial charge in [-0.3, -0.25) is 13.9 Å². The number of hydrogen-bond acceptors (Lipinski definition) is 13. The number of anilines is 1. The number of nitrogens with one attached hydrogen (secondary N) is 1. The number of rotatable bonds is 11. The quantitative estimate of drug-likeness (QED) is 0.217. The maximum atomic E-state index is 13.8. The Hall–Kier alpha value is -3.80. The number of aromatic nitrogens is 4. The lowest BCUT2D eigenvalue weighted by Gasteiger charge is -2.26. The molecule has 15 nitrogen and oxygen atoms in total. The zero-order valence-corrected chi connectivity index (χ0v) is 24.0. The topological polar surface area (TPSA) is 206 Å². The van der Waals surface area contributed by atoms with Gasteiger partial charge in [-0.15, -0.1) is 0 Å². The van der Waals surface area contributed by atoms with Crippen LogP contribution in [-0.4, -0.2) is 68.7 Å². The van der Waals surface area contributed by atoms with Crippen LogP contribution in [0.2, 0.25) is 0 Å². The first-order chi connectivity index (χ1) is 19.4. The largest absolute Gasteiger partial charge is 0.479 e. The van der Waals surface area contributed by atoms with E-state index in [0.717, 1.165) is 0 Å². The summed E-state index contributed by atoms with van der Waals surface area (Å²) in [4.78, 5) is 24.9. The van der Waals surface area contributed by atoms with Gasteiger partial charge in [0.05, 0.1) is 32.2 Å². The first-order valence-corrected chi connectivity index (χ1v) is 14.2.